The van der Waals surface area contributed by atoms with E-state index in [1.807, 2.05) is 0 Å². The summed E-state index contributed by atoms with van der Waals surface area (Å²) >= 11 is 0. The van der Waals surface area contributed by atoms with Gasteiger partial charge in [0.15, 0.2) is 7.85 Å². The van der Waals surface area contributed by atoms with Crippen molar-refractivity contribution < 1.29 is 4.79 Å². The van der Waals surface area contributed by atoms with Crippen molar-refractivity contribution in [1.82, 2.24) is 0 Å². The summed E-state index contributed by atoms with van der Waals surface area (Å²) in [6.07, 6.45) is 4.61. The summed E-state index contributed by atoms with van der Waals surface area (Å²) in [5.41, 5.74) is 1.08. The van der Waals surface area contributed by atoms with Crippen molar-refractivity contribution >= 4 is 13.5 Å². The molecule has 0 saturated heterocycles. The van der Waals surface area contributed by atoms with Crippen LogP contribution in [0.5, 0.6) is 0 Å². The van der Waals surface area contributed by atoms with Gasteiger partial charge in [-0.15, -0.1) is 0 Å². The van der Waals surface area contributed by atoms with Crippen molar-refractivity contribution in [1.29, 1.82) is 0 Å². The summed E-state index contributed by atoms with van der Waals surface area (Å²) in [4.78, 5) is 12.0. The third-order valence-electron chi connectivity index (χ3n) is 4.07. The fraction of sp³-hybridized carbons (Fsp3) is 0.944. The van der Waals surface area contributed by atoms with Gasteiger partial charge in [0.2, 0.25) is 0 Å². The molecular formula is C18H37BO. The highest BCUT2D eigenvalue weighted by molar-refractivity contribution is 6.58. The Kier molecular flexibility index (Phi) is 7.56. The maximum absolute atomic E-state index is 12.0. The second-order valence-electron chi connectivity index (χ2n) is 9.41. The zero-order valence-electron chi connectivity index (χ0n) is 15.5. The number of rotatable bonds is 7. The zero-order chi connectivity index (χ0) is 16.1. The van der Waals surface area contributed by atoms with Gasteiger partial charge in [0.05, 0.1) is 5.68 Å². The van der Waals surface area contributed by atoms with Gasteiger partial charge in [-0.1, -0.05) is 61.8 Å². The first kappa shape index (κ1) is 19.7. The molecule has 0 radical (unpaired) electrons. The van der Waals surface area contributed by atoms with E-state index in [1.54, 1.807) is 7.85 Å². The smallest absolute Gasteiger partial charge is 0.187 e. The van der Waals surface area contributed by atoms with Gasteiger partial charge in [-0.2, -0.15) is 0 Å². The molecule has 0 saturated carbocycles. The Morgan fingerprint density at radius 3 is 1.70 bits per heavy atom. The van der Waals surface area contributed by atoms with Gasteiger partial charge in [-0.3, -0.25) is 0 Å². The molecule has 0 aromatic heterocycles. The third kappa shape index (κ3) is 9.61. The van der Waals surface area contributed by atoms with Gasteiger partial charge in [0.1, 0.15) is 0 Å². The van der Waals surface area contributed by atoms with E-state index >= 15 is 0 Å². The van der Waals surface area contributed by atoms with Crippen LogP contribution in [0.15, 0.2) is 0 Å². The van der Waals surface area contributed by atoms with Gasteiger partial charge < -0.3 is 4.79 Å². The van der Waals surface area contributed by atoms with E-state index in [1.165, 1.54) is 12.8 Å². The molecule has 0 amide bonds. The van der Waals surface area contributed by atoms with Gasteiger partial charge in [0.25, 0.3) is 0 Å². The molecule has 0 N–H and O–H groups in total. The Labute approximate surface area is 128 Å². The van der Waals surface area contributed by atoms with E-state index in [-0.39, 0.29) is 5.92 Å². The summed E-state index contributed by atoms with van der Waals surface area (Å²) in [6.45, 7) is 18.3. The van der Waals surface area contributed by atoms with Crippen LogP contribution >= 0.6 is 0 Å². The minimum absolute atomic E-state index is 0.247. The Balaban J connectivity index is 4.46. The number of carbonyl (C=O) groups is 1. The van der Waals surface area contributed by atoms with E-state index in [0.717, 1.165) is 12.8 Å². The molecule has 1 nitrogen and oxygen atoms in total. The molecule has 0 fully saturated rings. The molecule has 0 spiro atoms. The first-order valence-corrected chi connectivity index (χ1v) is 8.32. The Morgan fingerprint density at radius 1 is 0.900 bits per heavy atom. The average molecular weight is 280 g/mol. The van der Waals surface area contributed by atoms with Crippen LogP contribution < -0.4 is 0 Å². The summed E-state index contributed by atoms with van der Waals surface area (Å²) in [5, 5.41) is 0. The molecular weight excluding hydrogens is 243 g/mol. The van der Waals surface area contributed by atoms with E-state index < -0.39 is 0 Å². The maximum Gasteiger partial charge on any atom is 0.187 e. The van der Waals surface area contributed by atoms with Crippen LogP contribution in [0.25, 0.3) is 0 Å². The topological polar surface area (TPSA) is 17.1 Å². The van der Waals surface area contributed by atoms with E-state index in [0.29, 0.717) is 28.3 Å². The Morgan fingerprint density at radius 2 is 1.35 bits per heavy atom. The van der Waals surface area contributed by atoms with Crippen molar-refractivity contribution in [3.63, 3.8) is 0 Å². The lowest BCUT2D eigenvalue weighted by Gasteiger charge is -2.30. The molecule has 0 rings (SSSR count). The van der Waals surface area contributed by atoms with Crippen molar-refractivity contribution in [2.75, 3.05) is 0 Å². The van der Waals surface area contributed by atoms with Gasteiger partial charge in [0, 0.05) is 5.92 Å². The normalized spacial score (nSPS) is 17.6. The van der Waals surface area contributed by atoms with E-state index in [2.05, 4.69) is 55.4 Å². The highest BCUT2D eigenvalue weighted by atomic mass is 16.1. The summed E-state index contributed by atoms with van der Waals surface area (Å²) in [5.74, 6) is 1.45. The molecule has 2 heteroatoms. The lowest BCUT2D eigenvalue weighted by molar-refractivity contribution is -0.117. The quantitative estimate of drug-likeness (QED) is 0.618. The molecule has 0 aromatic carbocycles. The second-order valence-corrected chi connectivity index (χ2v) is 9.41. The molecule has 0 aliphatic rings. The fourth-order valence-electron chi connectivity index (χ4n) is 3.61. The standard InChI is InChI=1S/C18H37BO/c1-13(11-17(3,4)5)9-10-15(16(19)20)14(2)12-18(6,7)8/h13-15H,9-12,19H2,1-8H3. The zero-order valence-corrected chi connectivity index (χ0v) is 15.5. The highest BCUT2D eigenvalue weighted by Crippen LogP contribution is 2.33. The summed E-state index contributed by atoms with van der Waals surface area (Å²) in [6, 6.07) is 0. The molecule has 3 atom stereocenters. The molecule has 0 aromatic rings. The van der Waals surface area contributed by atoms with Crippen LogP contribution in [-0.2, 0) is 4.79 Å². The third-order valence-corrected chi connectivity index (χ3v) is 4.07. The molecule has 0 bridgehead atoms. The van der Waals surface area contributed by atoms with Gasteiger partial charge >= 0.3 is 0 Å². The van der Waals surface area contributed by atoms with Gasteiger partial charge in [-0.05, 0) is 41.9 Å². The monoisotopic (exact) mass is 280 g/mol. The number of hydrogen-bond acceptors (Lipinski definition) is 1. The second kappa shape index (κ2) is 7.66. The molecule has 0 heterocycles. The lowest BCUT2D eigenvalue weighted by Crippen LogP contribution is -2.26. The van der Waals surface area contributed by atoms with Crippen LogP contribution in [0.1, 0.15) is 81.1 Å². The molecule has 3 unspecified atom stereocenters. The highest BCUT2D eigenvalue weighted by Gasteiger charge is 2.26. The molecule has 20 heavy (non-hydrogen) atoms. The maximum atomic E-state index is 12.0. The average Bonchev–Trinajstić information content (AvgIpc) is 2.10. The fourth-order valence-corrected chi connectivity index (χ4v) is 3.61. The van der Waals surface area contributed by atoms with Gasteiger partial charge in [-0.25, -0.2) is 0 Å². The summed E-state index contributed by atoms with van der Waals surface area (Å²) < 4.78 is 0. The Bertz CT molecular complexity index is 296. The van der Waals surface area contributed by atoms with Crippen molar-refractivity contribution in [2.24, 2.45) is 28.6 Å². The van der Waals surface area contributed by atoms with Crippen LogP contribution in [0, 0.1) is 28.6 Å². The SMILES string of the molecule is BC(=O)C(CCC(C)CC(C)(C)C)C(C)CC(C)(C)C. The number of carbonyl (C=O) groups excluding carboxylic acids is 1. The number of hydrogen-bond donors (Lipinski definition) is 0. The van der Waals surface area contributed by atoms with Crippen molar-refractivity contribution in [3.8, 4) is 0 Å². The molecule has 118 valence electrons. The minimum atomic E-state index is 0.247. The van der Waals surface area contributed by atoms with E-state index in [4.69, 9.17) is 0 Å². The largest absolute Gasteiger partial charge is 0.312 e. The van der Waals surface area contributed by atoms with Crippen LogP contribution in [0.3, 0.4) is 0 Å². The van der Waals surface area contributed by atoms with Crippen molar-refractivity contribution in [2.45, 2.75) is 81.1 Å². The predicted octanol–water partition coefficient (Wildman–Crippen LogP) is 4.69. The first-order chi connectivity index (χ1) is 8.82. The van der Waals surface area contributed by atoms with Crippen LogP contribution in [0.2, 0.25) is 0 Å². The van der Waals surface area contributed by atoms with Crippen LogP contribution in [0.4, 0.5) is 0 Å². The summed E-state index contributed by atoms with van der Waals surface area (Å²) in [7, 11) is 1.78. The minimum Gasteiger partial charge on any atom is -0.312 e. The molecule has 0 aliphatic carbocycles. The lowest BCUT2D eigenvalue weighted by atomic mass is 9.71. The van der Waals surface area contributed by atoms with E-state index in [9.17, 15) is 4.79 Å². The van der Waals surface area contributed by atoms with Crippen LogP contribution in [-0.4, -0.2) is 13.5 Å². The molecule has 0 aliphatic heterocycles. The first-order valence-electron chi connectivity index (χ1n) is 8.32. The Hall–Kier alpha value is -0.265. The van der Waals surface area contributed by atoms with Crippen molar-refractivity contribution in [3.05, 3.63) is 0 Å². The predicted molar refractivity (Wildman–Crippen MR) is 92.7 cm³/mol.